The molecule has 1 aromatic heterocycles. The van der Waals surface area contributed by atoms with Crippen LogP contribution in [0.1, 0.15) is 5.56 Å². The van der Waals surface area contributed by atoms with Crippen LogP contribution in [0.4, 0.5) is 0 Å². The molecule has 1 heterocycles. The fourth-order valence-electron chi connectivity index (χ4n) is 2.15. The minimum atomic E-state index is -0.389. The minimum absolute atomic E-state index is 0.201. The molecule has 1 amide bonds. The van der Waals surface area contributed by atoms with Crippen LogP contribution in [0.3, 0.4) is 0 Å². The van der Waals surface area contributed by atoms with Crippen molar-refractivity contribution in [2.75, 3.05) is 6.61 Å². The Balaban J connectivity index is 1.81. The third-order valence-corrected chi connectivity index (χ3v) is 4.41. The summed E-state index contributed by atoms with van der Waals surface area (Å²) in [6, 6.07) is 16.7. The van der Waals surface area contributed by atoms with E-state index >= 15 is 0 Å². The number of hydrogen-bond donors (Lipinski definition) is 0. The van der Waals surface area contributed by atoms with Gasteiger partial charge in [0.15, 0.2) is 11.4 Å². The number of nitrogens with zero attached hydrogens (tertiary/aromatic N) is 3. The summed E-state index contributed by atoms with van der Waals surface area (Å²) in [5, 5.41) is 9.00. The molecule has 23 heavy (non-hydrogen) atoms. The Hall–Kier alpha value is -2.91. The average molecular weight is 323 g/mol. The summed E-state index contributed by atoms with van der Waals surface area (Å²) >= 11 is 1.45. The van der Waals surface area contributed by atoms with Gasteiger partial charge in [-0.2, -0.15) is 10.3 Å². The van der Waals surface area contributed by atoms with Crippen LogP contribution in [0.25, 0.3) is 10.2 Å². The molecule has 0 saturated carbocycles. The van der Waals surface area contributed by atoms with Crippen LogP contribution in [0.2, 0.25) is 0 Å². The van der Waals surface area contributed by atoms with E-state index in [0.29, 0.717) is 16.1 Å². The molecule has 0 aliphatic carbocycles. The molecule has 3 rings (SSSR count). The first-order valence-corrected chi connectivity index (χ1v) is 7.75. The standard InChI is InChI=1S/C17H13N3O2S/c1-20-13-7-3-5-9-15(13)23-17(20)19-16(21)11-22-14-8-4-2-6-12(14)10-18/h2-9H,11H2,1H3. The predicted octanol–water partition coefficient (Wildman–Crippen LogP) is 2.62. The molecular formula is C17H13N3O2S. The third kappa shape index (κ3) is 3.15. The van der Waals surface area contributed by atoms with Crippen molar-refractivity contribution in [3.8, 4) is 11.8 Å². The SMILES string of the molecule is Cn1c(=NC(=O)COc2ccccc2C#N)sc2ccccc21. The molecule has 0 radical (unpaired) electrons. The smallest absolute Gasteiger partial charge is 0.286 e. The average Bonchev–Trinajstić information content (AvgIpc) is 2.89. The van der Waals surface area contributed by atoms with Gasteiger partial charge in [-0.1, -0.05) is 35.6 Å². The van der Waals surface area contributed by atoms with Gasteiger partial charge in [0, 0.05) is 7.05 Å². The fraction of sp³-hybridized carbons (Fsp3) is 0.118. The quantitative estimate of drug-likeness (QED) is 0.744. The number of thiazole rings is 1. The number of para-hydroxylation sites is 2. The molecule has 0 fully saturated rings. The number of carbonyl (C=O) groups is 1. The van der Waals surface area contributed by atoms with Crippen LogP contribution >= 0.6 is 11.3 Å². The van der Waals surface area contributed by atoms with Gasteiger partial charge in [0.05, 0.1) is 15.8 Å². The summed E-state index contributed by atoms with van der Waals surface area (Å²) in [6.07, 6.45) is 0. The van der Waals surface area contributed by atoms with Gasteiger partial charge in [0.1, 0.15) is 11.8 Å². The molecule has 5 nitrogen and oxygen atoms in total. The molecule has 0 aliphatic heterocycles. The fourth-order valence-corrected chi connectivity index (χ4v) is 3.19. The number of nitriles is 1. The van der Waals surface area contributed by atoms with E-state index in [2.05, 4.69) is 4.99 Å². The van der Waals surface area contributed by atoms with Crippen molar-refractivity contribution < 1.29 is 9.53 Å². The van der Waals surface area contributed by atoms with Crippen molar-refractivity contribution >= 4 is 27.5 Å². The number of benzene rings is 2. The molecule has 0 atom stereocenters. The van der Waals surface area contributed by atoms with Crippen molar-refractivity contribution in [2.45, 2.75) is 0 Å². The van der Waals surface area contributed by atoms with E-state index in [0.717, 1.165) is 10.2 Å². The molecule has 0 N–H and O–H groups in total. The maximum absolute atomic E-state index is 12.0. The normalized spacial score (nSPS) is 11.4. The predicted molar refractivity (Wildman–Crippen MR) is 88.0 cm³/mol. The molecule has 3 aromatic rings. The van der Waals surface area contributed by atoms with Crippen LogP contribution < -0.4 is 9.54 Å². The molecule has 0 unspecified atom stereocenters. The van der Waals surface area contributed by atoms with Crippen LogP contribution in [0.5, 0.6) is 5.75 Å². The zero-order valence-electron chi connectivity index (χ0n) is 12.4. The molecule has 2 aromatic carbocycles. The lowest BCUT2D eigenvalue weighted by molar-refractivity contribution is -0.120. The topological polar surface area (TPSA) is 67.4 Å². The Labute approximate surface area is 136 Å². The second kappa shape index (κ2) is 6.46. The Bertz CT molecular complexity index is 979. The highest BCUT2D eigenvalue weighted by molar-refractivity contribution is 7.16. The van der Waals surface area contributed by atoms with E-state index in [-0.39, 0.29) is 12.5 Å². The van der Waals surface area contributed by atoms with Gasteiger partial charge in [-0.25, -0.2) is 0 Å². The number of ether oxygens (including phenoxy) is 1. The first-order chi connectivity index (χ1) is 11.2. The highest BCUT2D eigenvalue weighted by Crippen LogP contribution is 2.17. The lowest BCUT2D eigenvalue weighted by atomic mass is 10.2. The van der Waals surface area contributed by atoms with Crippen molar-refractivity contribution in [3.63, 3.8) is 0 Å². The van der Waals surface area contributed by atoms with Crippen LogP contribution in [0, 0.1) is 11.3 Å². The molecule has 0 saturated heterocycles. The van der Waals surface area contributed by atoms with Crippen molar-refractivity contribution in [3.05, 3.63) is 58.9 Å². The highest BCUT2D eigenvalue weighted by atomic mass is 32.1. The number of aromatic nitrogens is 1. The summed E-state index contributed by atoms with van der Waals surface area (Å²) < 4.78 is 8.35. The molecular weight excluding hydrogens is 310 g/mol. The summed E-state index contributed by atoms with van der Waals surface area (Å²) in [7, 11) is 1.87. The van der Waals surface area contributed by atoms with Crippen LogP contribution in [-0.4, -0.2) is 17.1 Å². The maximum Gasteiger partial charge on any atom is 0.286 e. The zero-order chi connectivity index (χ0) is 16.2. The number of fused-ring (bicyclic) bond motifs is 1. The van der Waals surface area contributed by atoms with E-state index in [9.17, 15) is 4.79 Å². The molecule has 0 aliphatic rings. The Morgan fingerprint density at radius 2 is 2.00 bits per heavy atom. The Morgan fingerprint density at radius 3 is 2.78 bits per heavy atom. The van der Waals surface area contributed by atoms with E-state index in [1.54, 1.807) is 24.3 Å². The molecule has 114 valence electrons. The van der Waals surface area contributed by atoms with Gasteiger partial charge in [-0.15, -0.1) is 0 Å². The van der Waals surface area contributed by atoms with Crippen molar-refractivity contribution in [1.29, 1.82) is 5.26 Å². The van der Waals surface area contributed by atoms with E-state index in [1.807, 2.05) is 41.9 Å². The van der Waals surface area contributed by atoms with Gasteiger partial charge in [-0.05, 0) is 24.3 Å². The summed E-state index contributed by atoms with van der Waals surface area (Å²) in [5.41, 5.74) is 1.42. The molecule has 0 bridgehead atoms. The van der Waals surface area contributed by atoms with E-state index < -0.39 is 0 Å². The van der Waals surface area contributed by atoms with E-state index in [1.165, 1.54) is 11.3 Å². The summed E-state index contributed by atoms with van der Waals surface area (Å²) in [6.45, 7) is -0.201. The third-order valence-electron chi connectivity index (χ3n) is 3.29. The minimum Gasteiger partial charge on any atom is -0.482 e. The monoisotopic (exact) mass is 323 g/mol. The van der Waals surface area contributed by atoms with Gasteiger partial charge in [0.2, 0.25) is 0 Å². The van der Waals surface area contributed by atoms with Crippen molar-refractivity contribution in [2.24, 2.45) is 12.0 Å². The maximum atomic E-state index is 12.0. The number of rotatable bonds is 3. The molecule has 0 spiro atoms. The van der Waals surface area contributed by atoms with E-state index in [4.69, 9.17) is 10.00 Å². The second-order valence-electron chi connectivity index (χ2n) is 4.81. The number of aryl methyl sites for hydroxylation is 1. The summed E-state index contributed by atoms with van der Waals surface area (Å²) in [5.74, 6) is -0.000773. The lowest BCUT2D eigenvalue weighted by Crippen LogP contribution is -2.17. The largest absolute Gasteiger partial charge is 0.482 e. The first kappa shape index (κ1) is 15.0. The second-order valence-corrected chi connectivity index (χ2v) is 5.82. The van der Waals surface area contributed by atoms with Crippen LogP contribution in [-0.2, 0) is 11.8 Å². The number of hydrogen-bond acceptors (Lipinski definition) is 4. The summed E-state index contributed by atoms with van der Waals surface area (Å²) in [4.78, 5) is 16.8. The number of amides is 1. The lowest BCUT2D eigenvalue weighted by Gasteiger charge is -2.04. The number of carbonyl (C=O) groups excluding carboxylic acids is 1. The zero-order valence-corrected chi connectivity index (χ0v) is 13.2. The Morgan fingerprint density at radius 1 is 1.26 bits per heavy atom. The van der Waals surface area contributed by atoms with Gasteiger partial charge < -0.3 is 9.30 Å². The van der Waals surface area contributed by atoms with Gasteiger partial charge in [0.25, 0.3) is 5.91 Å². The Kier molecular flexibility index (Phi) is 4.22. The molecule has 6 heteroatoms. The van der Waals surface area contributed by atoms with Crippen molar-refractivity contribution in [1.82, 2.24) is 4.57 Å². The van der Waals surface area contributed by atoms with Crippen LogP contribution in [0.15, 0.2) is 53.5 Å². The van der Waals surface area contributed by atoms with Gasteiger partial charge in [-0.3, -0.25) is 4.79 Å². The highest BCUT2D eigenvalue weighted by Gasteiger charge is 2.07. The first-order valence-electron chi connectivity index (χ1n) is 6.93. The van der Waals surface area contributed by atoms with Gasteiger partial charge >= 0.3 is 0 Å².